The van der Waals surface area contributed by atoms with Crippen molar-refractivity contribution in [2.45, 2.75) is 46.1 Å². The molecule has 0 aromatic heterocycles. The summed E-state index contributed by atoms with van der Waals surface area (Å²) < 4.78 is 0. The molecule has 0 spiro atoms. The molecule has 1 amide bonds. The average molecular weight is 270 g/mol. The molecule has 5 nitrogen and oxygen atoms in total. The highest BCUT2D eigenvalue weighted by atomic mass is 16.4. The van der Waals surface area contributed by atoms with Crippen LogP contribution in [0.4, 0.5) is 0 Å². The number of amides is 1. The van der Waals surface area contributed by atoms with Gasteiger partial charge in [0.2, 0.25) is 5.91 Å². The van der Waals surface area contributed by atoms with Crippen LogP contribution in [0.1, 0.15) is 40.0 Å². The van der Waals surface area contributed by atoms with E-state index in [4.69, 9.17) is 5.11 Å². The number of carbonyl (C=O) groups is 2. The minimum absolute atomic E-state index is 0.101. The van der Waals surface area contributed by atoms with Crippen molar-refractivity contribution in [3.8, 4) is 0 Å². The van der Waals surface area contributed by atoms with Gasteiger partial charge in [-0.15, -0.1) is 0 Å². The number of aliphatic carboxylic acids is 1. The second kappa shape index (κ2) is 7.48. The molecule has 19 heavy (non-hydrogen) atoms. The maximum Gasteiger partial charge on any atom is 0.326 e. The third-order valence-electron chi connectivity index (χ3n) is 3.95. The van der Waals surface area contributed by atoms with Gasteiger partial charge in [0.15, 0.2) is 0 Å². The summed E-state index contributed by atoms with van der Waals surface area (Å²) in [5, 5.41) is 15.0. The minimum atomic E-state index is -0.960. The molecular weight excluding hydrogens is 244 g/mol. The lowest BCUT2D eigenvalue weighted by Gasteiger charge is -2.28. The highest BCUT2D eigenvalue weighted by molar-refractivity contribution is 5.83. The molecule has 1 fully saturated rings. The molecule has 1 unspecified atom stereocenters. The summed E-state index contributed by atoms with van der Waals surface area (Å²) in [4.78, 5) is 23.0. The fourth-order valence-electron chi connectivity index (χ4n) is 2.62. The van der Waals surface area contributed by atoms with Gasteiger partial charge in [0.05, 0.1) is 0 Å². The van der Waals surface area contributed by atoms with E-state index in [1.165, 1.54) is 0 Å². The lowest BCUT2D eigenvalue weighted by Crippen LogP contribution is -2.45. The Balaban J connectivity index is 2.42. The van der Waals surface area contributed by atoms with Crippen LogP contribution >= 0.6 is 0 Å². The topological polar surface area (TPSA) is 78.4 Å². The van der Waals surface area contributed by atoms with E-state index in [9.17, 15) is 9.59 Å². The van der Waals surface area contributed by atoms with Crippen molar-refractivity contribution >= 4 is 11.9 Å². The number of nitrogens with one attached hydrogen (secondary N) is 2. The van der Waals surface area contributed by atoms with Crippen LogP contribution in [0.3, 0.4) is 0 Å². The zero-order valence-electron chi connectivity index (χ0n) is 12.1. The van der Waals surface area contributed by atoms with Gasteiger partial charge >= 0.3 is 5.97 Å². The standard InChI is InChI=1S/C14H26N2O3/c1-9(2)13(14(18)19)16-12(17)8-10(3)11-4-6-15-7-5-11/h9-11,13,15H,4-8H2,1-3H3,(H,16,17)(H,18,19)/t10?,13-/m0/s1. The lowest BCUT2D eigenvalue weighted by molar-refractivity contribution is -0.143. The maximum absolute atomic E-state index is 11.9. The van der Waals surface area contributed by atoms with Crippen LogP contribution in [-0.2, 0) is 9.59 Å². The third kappa shape index (κ3) is 5.19. The van der Waals surface area contributed by atoms with E-state index in [0.29, 0.717) is 18.3 Å². The van der Waals surface area contributed by atoms with E-state index >= 15 is 0 Å². The largest absolute Gasteiger partial charge is 0.480 e. The molecule has 1 rings (SSSR count). The van der Waals surface area contributed by atoms with Crippen LogP contribution in [0.15, 0.2) is 0 Å². The summed E-state index contributed by atoms with van der Waals surface area (Å²) in [6.45, 7) is 7.71. The second-order valence-corrected chi connectivity index (χ2v) is 5.90. The van der Waals surface area contributed by atoms with Crippen molar-refractivity contribution in [1.82, 2.24) is 10.6 Å². The molecule has 2 atom stereocenters. The summed E-state index contributed by atoms with van der Waals surface area (Å²) in [5.41, 5.74) is 0. The van der Waals surface area contributed by atoms with Crippen LogP contribution in [-0.4, -0.2) is 36.1 Å². The van der Waals surface area contributed by atoms with Gasteiger partial charge in [-0.3, -0.25) is 4.79 Å². The maximum atomic E-state index is 11.9. The molecule has 3 N–H and O–H groups in total. The molecule has 5 heteroatoms. The molecule has 1 heterocycles. The van der Waals surface area contributed by atoms with Crippen molar-refractivity contribution < 1.29 is 14.7 Å². The van der Waals surface area contributed by atoms with Crippen LogP contribution in [0.2, 0.25) is 0 Å². The van der Waals surface area contributed by atoms with Gasteiger partial charge in [-0.1, -0.05) is 20.8 Å². The monoisotopic (exact) mass is 270 g/mol. The van der Waals surface area contributed by atoms with Crippen LogP contribution in [0.25, 0.3) is 0 Å². The predicted octanol–water partition coefficient (Wildman–Crippen LogP) is 1.24. The summed E-state index contributed by atoms with van der Waals surface area (Å²) in [6.07, 6.45) is 2.61. The first kappa shape index (κ1) is 16.0. The molecule has 1 aliphatic rings. The van der Waals surface area contributed by atoms with E-state index in [0.717, 1.165) is 25.9 Å². The molecule has 0 aliphatic carbocycles. The molecule has 0 aromatic rings. The number of rotatable bonds is 6. The Bertz CT molecular complexity index is 312. The zero-order valence-corrected chi connectivity index (χ0v) is 12.1. The Labute approximate surface area is 115 Å². The molecule has 0 radical (unpaired) electrons. The Morgan fingerprint density at radius 1 is 1.26 bits per heavy atom. The number of piperidine rings is 1. The summed E-state index contributed by atoms with van der Waals surface area (Å²) in [6, 6.07) is -0.785. The quantitative estimate of drug-likeness (QED) is 0.678. The van der Waals surface area contributed by atoms with Crippen molar-refractivity contribution in [2.24, 2.45) is 17.8 Å². The average Bonchev–Trinajstić information content (AvgIpc) is 2.36. The third-order valence-corrected chi connectivity index (χ3v) is 3.95. The van der Waals surface area contributed by atoms with Crippen LogP contribution in [0.5, 0.6) is 0 Å². The Morgan fingerprint density at radius 3 is 2.32 bits per heavy atom. The number of carboxylic acid groups (broad SMARTS) is 1. The number of hydrogen-bond donors (Lipinski definition) is 3. The van der Waals surface area contributed by atoms with Gasteiger partial charge in [-0.05, 0) is 43.7 Å². The molecule has 0 saturated carbocycles. The molecule has 110 valence electrons. The fourth-order valence-corrected chi connectivity index (χ4v) is 2.62. The van der Waals surface area contributed by atoms with Gasteiger partial charge in [0.1, 0.15) is 6.04 Å². The van der Waals surface area contributed by atoms with E-state index in [1.807, 2.05) is 0 Å². The highest BCUT2D eigenvalue weighted by Crippen LogP contribution is 2.24. The molecule has 0 aromatic carbocycles. The van der Waals surface area contributed by atoms with E-state index < -0.39 is 12.0 Å². The minimum Gasteiger partial charge on any atom is -0.480 e. The van der Waals surface area contributed by atoms with Crippen LogP contribution in [0, 0.1) is 17.8 Å². The van der Waals surface area contributed by atoms with Gasteiger partial charge in [-0.25, -0.2) is 4.79 Å². The van der Waals surface area contributed by atoms with Crippen molar-refractivity contribution in [3.63, 3.8) is 0 Å². The highest BCUT2D eigenvalue weighted by Gasteiger charge is 2.26. The SMILES string of the molecule is CC(CC(=O)N[C@H](C(=O)O)C(C)C)C1CCNCC1. The van der Waals surface area contributed by atoms with Gasteiger partial charge in [-0.2, -0.15) is 0 Å². The van der Waals surface area contributed by atoms with Crippen molar-refractivity contribution in [1.29, 1.82) is 0 Å². The molecule has 1 aliphatic heterocycles. The lowest BCUT2D eigenvalue weighted by atomic mass is 9.84. The predicted molar refractivity (Wildman–Crippen MR) is 73.8 cm³/mol. The molecular formula is C14H26N2O3. The number of carboxylic acids is 1. The Hall–Kier alpha value is -1.10. The Kier molecular flexibility index (Phi) is 6.28. The normalized spacial score (nSPS) is 20.0. The second-order valence-electron chi connectivity index (χ2n) is 5.90. The summed E-state index contributed by atoms with van der Waals surface area (Å²) in [7, 11) is 0. The molecule has 1 saturated heterocycles. The van der Waals surface area contributed by atoms with Gasteiger partial charge in [0.25, 0.3) is 0 Å². The first-order valence-corrected chi connectivity index (χ1v) is 7.14. The van der Waals surface area contributed by atoms with E-state index in [-0.39, 0.29) is 11.8 Å². The smallest absolute Gasteiger partial charge is 0.326 e. The van der Waals surface area contributed by atoms with Crippen molar-refractivity contribution in [3.05, 3.63) is 0 Å². The first-order chi connectivity index (χ1) is 8.91. The fraction of sp³-hybridized carbons (Fsp3) is 0.857. The first-order valence-electron chi connectivity index (χ1n) is 7.14. The number of carbonyl (C=O) groups excluding carboxylic acids is 1. The summed E-state index contributed by atoms with van der Waals surface area (Å²) >= 11 is 0. The van der Waals surface area contributed by atoms with E-state index in [2.05, 4.69) is 17.6 Å². The summed E-state index contributed by atoms with van der Waals surface area (Å²) in [5.74, 6) is -0.335. The number of hydrogen-bond acceptors (Lipinski definition) is 3. The molecule has 0 bridgehead atoms. The van der Waals surface area contributed by atoms with Crippen molar-refractivity contribution in [2.75, 3.05) is 13.1 Å². The Morgan fingerprint density at radius 2 is 1.84 bits per heavy atom. The van der Waals surface area contributed by atoms with Crippen LogP contribution < -0.4 is 10.6 Å². The van der Waals surface area contributed by atoms with E-state index in [1.54, 1.807) is 13.8 Å². The zero-order chi connectivity index (χ0) is 14.4. The van der Waals surface area contributed by atoms with Gasteiger partial charge in [0, 0.05) is 6.42 Å². The van der Waals surface area contributed by atoms with Gasteiger partial charge < -0.3 is 15.7 Å².